The molecule has 0 saturated carbocycles. The first-order valence-corrected chi connectivity index (χ1v) is 4.97. The maximum Gasteiger partial charge on any atom is 0.340 e. The molecule has 0 radical (unpaired) electrons. The van der Waals surface area contributed by atoms with Gasteiger partial charge in [-0.15, -0.1) is 6.42 Å². The molecular weight excluding hydrogens is 202 g/mol. The summed E-state index contributed by atoms with van der Waals surface area (Å²) in [6.45, 7) is 0.865. The van der Waals surface area contributed by atoms with Gasteiger partial charge < -0.3 is 9.73 Å². The van der Waals surface area contributed by atoms with Crippen LogP contribution in [-0.4, -0.2) is 6.54 Å². The molecule has 0 aliphatic carbocycles. The number of fused-ring (bicyclic) bond motifs is 1. The minimum atomic E-state index is -0.316. The number of hydrogen-bond acceptors (Lipinski definition) is 3. The molecule has 0 aliphatic rings. The summed E-state index contributed by atoms with van der Waals surface area (Å²) < 4.78 is 5.18. The molecule has 1 heterocycles. The minimum absolute atomic E-state index is 0.316. The summed E-state index contributed by atoms with van der Waals surface area (Å²) in [6, 6.07) is 9.24. The molecule has 0 fully saturated rings. The third kappa shape index (κ3) is 2.13. The van der Waals surface area contributed by atoms with Gasteiger partial charge in [0.15, 0.2) is 0 Å². The van der Waals surface area contributed by atoms with E-state index in [2.05, 4.69) is 11.2 Å². The second-order valence-electron chi connectivity index (χ2n) is 3.40. The molecule has 2 aromatic rings. The van der Waals surface area contributed by atoms with Crippen LogP contribution in [0.3, 0.4) is 0 Å². The molecule has 0 unspecified atom stereocenters. The third-order valence-electron chi connectivity index (χ3n) is 2.26. The Morgan fingerprint density at radius 2 is 2.19 bits per heavy atom. The average molecular weight is 213 g/mol. The topological polar surface area (TPSA) is 42.2 Å². The lowest BCUT2D eigenvalue weighted by Gasteiger charge is -2.01. The van der Waals surface area contributed by atoms with E-state index in [4.69, 9.17) is 10.8 Å². The van der Waals surface area contributed by atoms with Gasteiger partial charge in [-0.3, -0.25) is 0 Å². The van der Waals surface area contributed by atoms with Gasteiger partial charge in [-0.25, -0.2) is 4.79 Å². The molecule has 0 bridgehead atoms. The predicted octanol–water partition coefficient (Wildman–Crippen LogP) is 1.52. The summed E-state index contributed by atoms with van der Waals surface area (Å²) in [4.78, 5) is 11.6. The lowest BCUT2D eigenvalue weighted by Crippen LogP contribution is -2.19. The predicted molar refractivity (Wildman–Crippen MR) is 63.0 cm³/mol. The number of benzene rings is 1. The third-order valence-corrected chi connectivity index (χ3v) is 2.26. The quantitative estimate of drug-likeness (QED) is 0.477. The van der Waals surface area contributed by atoms with E-state index in [1.165, 1.54) is 0 Å². The zero-order chi connectivity index (χ0) is 11.4. The Bertz CT molecular complexity index is 593. The first-order chi connectivity index (χ1) is 7.81. The number of rotatable bonds is 3. The van der Waals surface area contributed by atoms with Crippen molar-refractivity contribution in [3.05, 3.63) is 46.3 Å². The Balaban J connectivity index is 2.36. The van der Waals surface area contributed by atoms with Crippen LogP contribution in [0, 0.1) is 12.3 Å². The van der Waals surface area contributed by atoms with Crippen molar-refractivity contribution in [3.8, 4) is 12.3 Å². The zero-order valence-corrected chi connectivity index (χ0v) is 8.69. The summed E-state index contributed by atoms with van der Waals surface area (Å²) in [5.41, 5.74) is 0.880. The van der Waals surface area contributed by atoms with E-state index in [1.54, 1.807) is 6.07 Å². The Labute approximate surface area is 93.1 Å². The molecule has 1 aromatic heterocycles. The average Bonchev–Trinajstić information content (AvgIpc) is 2.30. The van der Waals surface area contributed by atoms with Crippen LogP contribution in [0.25, 0.3) is 11.0 Å². The van der Waals surface area contributed by atoms with Gasteiger partial charge in [0.2, 0.25) is 0 Å². The van der Waals surface area contributed by atoms with Crippen LogP contribution in [0.15, 0.2) is 39.5 Å². The molecule has 2 rings (SSSR count). The molecule has 16 heavy (non-hydrogen) atoms. The monoisotopic (exact) mass is 213 g/mol. The van der Waals surface area contributed by atoms with Crippen LogP contribution in [0.5, 0.6) is 0 Å². The van der Waals surface area contributed by atoms with E-state index in [0.717, 1.165) is 5.39 Å². The summed E-state index contributed by atoms with van der Waals surface area (Å²) in [5, 5.41) is 3.88. The summed E-state index contributed by atoms with van der Waals surface area (Å²) in [6.07, 6.45) is 5.11. The number of para-hydroxylation sites is 1. The molecule has 0 aliphatic heterocycles. The van der Waals surface area contributed by atoms with Crippen LogP contribution < -0.4 is 10.9 Å². The second kappa shape index (κ2) is 4.65. The van der Waals surface area contributed by atoms with Crippen molar-refractivity contribution in [2.24, 2.45) is 0 Å². The number of nitrogens with one attached hydrogen (secondary N) is 1. The van der Waals surface area contributed by atoms with E-state index >= 15 is 0 Å². The molecule has 0 amide bonds. The molecule has 0 saturated heterocycles. The molecule has 80 valence electrons. The van der Waals surface area contributed by atoms with Gasteiger partial charge in [0.1, 0.15) is 5.58 Å². The lowest BCUT2D eigenvalue weighted by molar-refractivity contribution is 0.544. The molecule has 0 atom stereocenters. The summed E-state index contributed by atoms with van der Waals surface area (Å²) in [7, 11) is 0. The molecule has 3 nitrogen and oxygen atoms in total. The standard InChI is InChI=1S/C13H11NO2/c1-2-7-14-9-11-8-10-5-3-4-6-12(10)16-13(11)15/h1,3-6,8,14H,7,9H2. The first kappa shape index (κ1) is 10.5. The lowest BCUT2D eigenvalue weighted by atomic mass is 10.2. The highest BCUT2D eigenvalue weighted by Crippen LogP contribution is 2.12. The van der Waals surface area contributed by atoms with Crippen LogP contribution in [0.2, 0.25) is 0 Å². The van der Waals surface area contributed by atoms with Crippen molar-refractivity contribution in [1.82, 2.24) is 5.32 Å². The van der Waals surface area contributed by atoms with Crippen molar-refractivity contribution < 1.29 is 4.42 Å². The maximum absolute atomic E-state index is 11.6. The summed E-state index contributed by atoms with van der Waals surface area (Å²) in [5.74, 6) is 2.45. The fourth-order valence-corrected chi connectivity index (χ4v) is 1.50. The normalized spacial score (nSPS) is 10.2. The van der Waals surface area contributed by atoms with E-state index < -0.39 is 0 Å². The van der Waals surface area contributed by atoms with Crippen LogP contribution in [0.4, 0.5) is 0 Å². The van der Waals surface area contributed by atoms with Crippen molar-refractivity contribution >= 4 is 11.0 Å². The van der Waals surface area contributed by atoms with Crippen LogP contribution in [0.1, 0.15) is 5.56 Å². The second-order valence-corrected chi connectivity index (χ2v) is 3.40. The highest BCUT2D eigenvalue weighted by atomic mass is 16.4. The van der Waals surface area contributed by atoms with Crippen molar-refractivity contribution in [3.63, 3.8) is 0 Å². The molecule has 0 spiro atoms. The van der Waals surface area contributed by atoms with Gasteiger partial charge >= 0.3 is 5.63 Å². The smallest absolute Gasteiger partial charge is 0.340 e. The minimum Gasteiger partial charge on any atom is -0.422 e. The summed E-state index contributed by atoms with van der Waals surface area (Å²) >= 11 is 0. The highest BCUT2D eigenvalue weighted by molar-refractivity contribution is 5.76. The van der Waals surface area contributed by atoms with E-state index in [0.29, 0.717) is 24.2 Å². The Kier molecular flexibility index (Phi) is 3.04. The van der Waals surface area contributed by atoms with Crippen molar-refractivity contribution in [2.75, 3.05) is 6.54 Å². The van der Waals surface area contributed by atoms with E-state index in [9.17, 15) is 4.79 Å². The highest BCUT2D eigenvalue weighted by Gasteiger charge is 2.03. The van der Waals surface area contributed by atoms with Crippen molar-refractivity contribution in [1.29, 1.82) is 0 Å². The van der Waals surface area contributed by atoms with Crippen LogP contribution >= 0.6 is 0 Å². The largest absolute Gasteiger partial charge is 0.422 e. The molecule has 3 heteroatoms. The van der Waals surface area contributed by atoms with Gasteiger partial charge in [0, 0.05) is 11.9 Å². The van der Waals surface area contributed by atoms with Crippen molar-refractivity contribution in [2.45, 2.75) is 6.54 Å². The SMILES string of the molecule is C#CCNCc1cc2ccccc2oc1=O. The fraction of sp³-hybridized carbons (Fsp3) is 0.154. The van der Waals surface area contributed by atoms with E-state index in [-0.39, 0.29) is 5.63 Å². The zero-order valence-electron chi connectivity index (χ0n) is 8.69. The fourth-order valence-electron chi connectivity index (χ4n) is 1.50. The van der Waals surface area contributed by atoms with Gasteiger partial charge in [-0.1, -0.05) is 24.1 Å². The number of hydrogen-bond donors (Lipinski definition) is 1. The Morgan fingerprint density at radius 1 is 1.38 bits per heavy atom. The Morgan fingerprint density at radius 3 is 3.00 bits per heavy atom. The van der Waals surface area contributed by atoms with Gasteiger partial charge in [0.25, 0.3) is 0 Å². The molecule has 1 aromatic carbocycles. The van der Waals surface area contributed by atoms with Gasteiger partial charge in [0.05, 0.1) is 12.1 Å². The van der Waals surface area contributed by atoms with E-state index in [1.807, 2.05) is 24.3 Å². The maximum atomic E-state index is 11.6. The van der Waals surface area contributed by atoms with Gasteiger partial charge in [-0.2, -0.15) is 0 Å². The van der Waals surface area contributed by atoms with Crippen LogP contribution in [-0.2, 0) is 6.54 Å². The molecule has 1 N–H and O–H groups in total. The molecular formula is C13H11NO2. The first-order valence-electron chi connectivity index (χ1n) is 4.97. The Hall–Kier alpha value is -2.05. The van der Waals surface area contributed by atoms with Gasteiger partial charge in [-0.05, 0) is 12.1 Å². The number of terminal acetylenes is 1.